The lowest BCUT2D eigenvalue weighted by molar-refractivity contribution is -0.143. The lowest BCUT2D eigenvalue weighted by atomic mass is 10.0. The van der Waals surface area contributed by atoms with Gasteiger partial charge in [-0.25, -0.2) is 0 Å². The summed E-state index contributed by atoms with van der Waals surface area (Å²) in [5.41, 5.74) is 0. The van der Waals surface area contributed by atoms with Gasteiger partial charge in [0.05, 0.1) is 25.4 Å². The van der Waals surface area contributed by atoms with Crippen molar-refractivity contribution in [3.63, 3.8) is 0 Å². The van der Waals surface area contributed by atoms with Crippen LogP contribution in [0, 0.1) is 0 Å². The van der Waals surface area contributed by atoms with E-state index in [1.54, 1.807) is 6.08 Å². The molecule has 0 heterocycles. The summed E-state index contributed by atoms with van der Waals surface area (Å²) in [5, 5.41) is 23.1. The number of carbonyl (C=O) groups is 2. The lowest BCUT2D eigenvalue weighted by Crippen LogP contribution is -2.45. The molecule has 0 aliphatic heterocycles. The number of aliphatic hydroxyl groups excluding tert-OH is 2. The highest BCUT2D eigenvalue weighted by Gasteiger charge is 2.18. The first-order valence-electron chi connectivity index (χ1n) is 37.8. The van der Waals surface area contributed by atoms with Crippen LogP contribution >= 0.6 is 0 Å². The fraction of sp³-hybridized carbons (Fsp3) is 0.896. The predicted molar refractivity (Wildman–Crippen MR) is 366 cm³/mol. The van der Waals surface area contributed by atoms with E-state index in [1.807, 2.05) is 6.08 Å². The van der Waals surface area contributed by atoms with Crippen molar-refractivity contribution in [2.24, 2.45) is 0 Å². The van der Waals surface area contributed by atoms with E-state index in [9.17, 15) is 19.8 Å². The van der Waals surface area contributed by atoms with E-state index in [4.69, 9.17) is 4.74 Å². The number of unbranched alkanes of at least 4 members (excludes halogenated alkanes) is 56. The third-order valence-electron chi connectivity index (χ3n) is 17.6. The fourth-order valence-electron chi connectivity index (χ4n) is 11.9. The molecule has 6 nitrogen and oxygen atoms in total. The zero-order chi connectivity index (χ0) is 59.9. The molecule has 0 rings (SSSR count). The minimum absolute atomic E-state index is 0.0184. The van der Waals surface area contributed by atoms with Crippen LogP contribution in [0.5, 0.6) is 0 Å². The molecule has 490 valence electrons. The Balaban J connectivity index is 3.32. The van der Waals surface area contributed by atoms with E-state index in [2.05, 4.69) is 43.5 Å². The topological polar surface area (TPSA) is 95.9 Å². The quantitative estimate of drug-likeness (QED) is 0.0320. The summed E-state index contributed by atoms with van der Waals surface area (Å²) in [4.78, 5) is 24.6. The first-order valence-corrected chi connectivity index (χ1v) is 37.8. The second-order valence-electron chi connectivity index (χ2n) is 26.0. The fourth-order valence-corrected chi connectivity index (χ4v) is 11.9. The average molecular weight is 1170 g/mol. The van der Waals surface area contributed by atoms with Gasteiger partial charge in [-0.1, -0.05) is 359 Å². The van der Waals surface area contributed by atoms with E-state index in [-0.39, 0.29) is 18.5 Å². The van der Waals surface area contributed by atoms with Gasteiger partial charge in [-0.05, 0) is 83.5 Å². The van der Waals surface area contributed by atoms with Gasteiger partial charge in [0, 0.05) is 12.8 Å². The van der Waals surface area contributed by atoms with Crippen molar-refractivity contribution in [3.8, 4) is 0 Å². The van der Waals surface area contributed by atoms with E-state index >= 15 is 0 Å². The predicted octanol–water partition coefficient (Wildman–Crippen LogP) is 24.7. The number of carbonyl (C=O) groups excluding carboxylic acids is 2. The molecule has 83 heavy (non-hydrogen) atoms. The molecule has 0 radical (unpaired) electrons. The average Bonchev–Trinajstić information content (AvgIpc) is 3.49. The number of aliphatic hydroxyl groups is 2. The number of ether oxygens (including phenoxy) is 1. The Morgan fingerprint density at radius 2 is 0.566 bits per heavy atom. The summed E-state index contributed by atoms with van der Waals surface area (Å²) in [6.07, 6.45) is 94.1. The monoisotopic (exact) mass is 1170 g/mol. The maximum atomic E-state index is 12.5. The first kappa shape index (κ1) is 81.1. The second-order valence-corrected chi connectivity index (χ2v) is 26.0. The molecular weight excluding hydrogens is 1020 g/mol. The smallest absolute Gasteiger partial charge is 0.305 e. The van der Waals surface area contributed by atoms with Gasteiger partial charge in [0.25, 0.3) is 0 Å². The van der Waals surface area contributed by atoms with Gasteiger partial charge in [0.2, 0.25) is 5.91 Å². The van der Waals surface area contributed by atoms with Crippen LogP contribution < -0.4 is 5.32 Å². The highest BCUT2D eigenvalue weighted by molar-refractivity contribution is 5.76. The number of allylic oxidation sites excluding steroid dienone is 5. The van der Waals surface area contributed by atoms with Crippen LogP contribution in [-0.4, -0.2) is 47.4 Å². The lowest BCUT2D eigenvalue weighted by Gasteiger charge is -2.20. The van der Waals surface area contributed by atoms with Crippen molar-refractivity contribution < 1.29 is 24.5 Å². The van der Waals surface area contributed by atoms with Crippen molar-refractivity contribution in [1.29, 1.82) is 0 Å². The minimum atomic E-state index is -0.840. The maximum absolute atomic E-state index is 12.5. The Kier molecular flexibility index (Phi) is 70.9. The van der Waals surface area contributed by atoms with E-state index < -0.39 is 12.1 Å². The van der Waals surface area contributed by atoms with Crippen LogP contribution in [0.1, 0.15) is 418 Å². The summed E-state index contributed by atoms with van der Waals surface area (Å²) in [6.45, 7) is 4.92. The molecule has 0 aliphatic rings. The zero-order valence-corrected chi connectivity index (χ0v) is 56.2. The van der Waals surface area contributed by atoms with E-state index in [0.717, 1.165) is 44.9 Å². The maximum Gasteiger partial charge on any atom is 0.305 e. The number of hydrogen-bond donors (Lipinski definition) is 3. The van der Waals surface area contributed by atoms with E-state index in [0.29, 0.717) is 19.4 Å². The standard InChI is InChI=1S/C77H147NO5/c1-3-5-7-9-11-13-15-17-18-40-44-47-51-55-59-63-67-71-77(82)83-72-68-64-60-56-52-48-45-42-39-37-35-33-31-29-27-25-23-21-19-20-22-24-26-28-30-32-34-36-38-41-43-46-50-54-58-62-66-70-76(81)78-74(73-79)75(80)69-65-61-57-53-49-16-14-12-10-8-6-4-2/h17-19,21,65,69,74-75,79-80H,3-16,20,22-64,66-68,70-73H2,1-2H3,(H,78,81)/b18-17-,21-19-,69-65+. The van der Waals surface area contributed by atoms with Crippen molar-refractivity contribution >= 4 is 11.9 Å². The van der Waals surface area contributed by atoms with Crippen molar-refractivity contribution in [1.82, 2.24) is 5.32 Å². The Bertz CT molecular complexity index is 1340. The third kappa shape index (κ3) is 69.1. The van der Waals surface area contributed by atoms with Crippen LogP contribution in [0.2, 0.25) is 0 Å². The Morgan fingerprint density at radius 3 is 0.855 bits per heavy atom. The van der Waals surface area contributed by atoms with E-state index in [1.165, 1.54) is 347 Å². The number of rotatable bonds is 71. The molecule has 0 fully saturated rings. The van der Waals surface area contributed by atoms with Crippen molar-refractivity contribution in [2.45, 2.75) is 431 Å². The third-order valence-corrected chi connectivity index (χ3v) is 17.6. The molecule has 0 spiro atoms. The molecule has 0 saturated carbocycles. The van der Waals surface area contributed by atoms with Crippen LogP contribution in [-0.2, 0) is 14.3 Å². The van der Waals surface area contributed by atoms with Crippen LogP contribution in [0.15, 0.2) is 36.5 Å². The highest BCUT2D eigenvalue weighted by Crippen LogP contribution is 2.19. The Hall–Kier alpha value is -1.92. The normalized spacial score (nSPS) is 12.7. The summed E-state index contributed by atoms with van der Waals surface area (Å²) in [5.74, 6) is -0.0446. The molecular formula is C77H147NO5. The molecule has 6 heteroatoms. The number of nitrogens with one attached hydrogen (secondary N) is 1. The number of amides is 1. The second kappa shape index (κ2) is 72.6. The summed E-state index contributed by atoms with van der Waals surface area (Å²) in [7, 11) is 0. The number of esters is 1. The molecule has 0 bridgehead atoms. The molecule has 0 aromatic heterocycles. The number of hydrogen-bond acceptors (Lipinski definition) is 5. The van der Waals surface area contributed by atoms with Gasteiger partial charge < -0.3 is 20.3 Å². The molecule has 2 unspecified atom stereocenters. The molecule has 1 amide bonds. The molecule has 3 N–H and O–H groups in total. The SMILES string of the molecule is CCCCCCCC/C=C\CCCCCCCCCC(=O)OCCCCCCCCCCCCCCCCCC/C=C\CCCCCCCCCCCCCCCCCCCC(=O)NC(CO)C(O)/C=C/CCCCCCCCCCCC. The summed E-state index contributed by atoms with van der Waals surface area (Å²) < 4.78 is 5.51. The van der Waals surface area contributed by atoms with Gasteiger partial charge in [0.1, 0.15) is 0 Å². The van der Waals surface area contributed by atoms with Crippen LogP contribution in [0.4, 0.5) is 0 Å². The minimum Gasteiger partial charge on any atom is -0.466 e. The molecule has 0 aromatic rings. The van der Waals surface area contributed by atoms with Gasteiger partial charge >= 0.3 is 5.97 Å². The largest absolute Gasteiger partial charge is 0.466 e. The van der Waals surface area contributed by atoms with Crippen molar-refractivity contribution in [2.75, 3.05) is 13.2 Å². The Labute approximate surface area is 519 Å². The Morgan fingerprint density at radius 1 is 0.325 bits per heavy atom. The van der Waals surface area contributed by atoms with Gasteiger partial charge in [-0.2, -0.15) is 0 Å². The van der Waals surface area contributed by atoms with Gasteiger partial charge in [0.15, 0.2) is 0 Å². The first-order chi connectivity index (χ1) is 41.0. The van der Waals surface area contributed by atoms with Gasteiger partial charge in [-0.15, -0.1) is 0 Å². The summed E-state index contributed by atoms with van der Waals surface area (Å²) in [6, 6.07) is -0.624. The molecule has 0 saturated heterocycles. The molecule has 0 aromatic carbocycles. The van der Waals surface area contributed by atoms with Gasteiger partial charge in [-0.3, -0.25) is 9.59 Å². The highest BCUT2D eigenvalue weighted by atomic mass is 16.5. The van der Waals surface area contributed by atoms with Crippen molar-refractivity contribution in [3.05, 3.63) is 36.5 Å². The molecule has 2 atom stereocenters. The van der Waals surface area contributed by atoms with Crippen LogP contribution in [0.25, 0.3) is 0 Å². The molecule has 0 aliphatic carbocycles. The van der Waals surface area contributed by atoms with Crippen LogP contribution in [0.3, 0.4) is 0 Å². The summed E-state index contributed by atoms with van der Waals surface area (Å²) >= 11 is 0. The zero-order valence-electron chi connectivity index (χ0n) is 56.2.